The first-order valence-corrected chi connectivity index (χ1v) is 7.51. The van der Waals surface area contributed by atoms with Crippen molar-refractivity contribution >= 4 is 0 Å². The zero-order chi connectivity index (χ0) is 13.7. The molecule has 0 spiro atoms. The van der Waals surface area contributed by atoms with Gasteiger partial charge in [-0.25, -0.2) is 4.68 Å². The van der Waals surface area contributed by atoms with Crippen LogP contribution in [-0.2, 0) is 13.1 Å². The smallest absolute Gasteiger partial charge is 0.271 e. The average molecular weight is 263 g/mol. The second-order valence-electron chi connectivity index (χ2n) is 5.56. The summed E-state index contributed by atoms with van der Waals surface area (Å²) in [4.78, 5) is 12.3. The van der Waals surface area contributed by atoms with Gasteiger partial charge in [0.05, 0.1) is 5.69 Å². The Morgan fingerprint density at radius 3 is 2.84 bits per heavy atom. The third kappa shape index (κ3) is 3.90. The highest BCUT2D eigenvalue weighted by atomic mass is 16.1. The molecule has 19 heavy (non-hydrogen) atoms. The Labute approximate surface area is 115 Å². The molecule has 0 unspecified atom stereocenters. The maximum absolute atomic E-state index is 12.3. The first kappa shape index (κ1) is 14.3. The van der Waals surface area contributed by atoms with Gasteiger partial charge in [0.1, 0.15) is 0 Å². The Bertz CT molecular complexity index is 461. The molecule has 1 aliphatic carbocycles. The van der Waals surface area contributed by atoms with E-state index in [1.807, 2.05) is 13.0 Å². The lowest BCUT2D eigenvalue weighted by Crippen LogP contribution is -2.32. The second-order valence-corrected chi connectivity index (χ2v) is 5.56. The average Bonchev–Trinajstić information content (AvgIpc) is 2.91. The van der Waals surface area contributed by atoms with E-state index in [9.17, 15) is 4.79 Å². The van der Waals surface area contributed by atoms with Crippen molar-refractivity contribution < 1.29 is 0 Å². The van der Waals surface area contributed by atoms with E-state index in [2.05, 4.69) is 17.3 Å². The van der Waals surface area contributed by atoms with E-state index in [4.69, 9.17) is 0 Å². The second kappa shape index (κ2) is 6.85. The van der Waals surface area contributed by atoms with Crippen molar-refractivity contribution in [3.05, 3.63) is 27.7 Å². The van der Waals surface area contributed by atoms with Crippen LogP contribution in [0.4, 0.5) is 0 Å². The van der Waals surface area contributed by atoms with E-state index in [0.29, 0.717) is 12.6 Å². The number of nitrogens with zero attached hydrogens (tertiary/aromatic N) is 2. The summed E-state index contributed by atoms with van der Waals surface area (Å²) in [7, 11) is 0. The minimum absolute atomic E-state index is 0.0737. The van der Waals surface area contributed by atoms with Gasteiger partial charge in [-0.3, -0.25) is 4.79 Å². The van der Waals surface area contributed by atoms with Crippen molar-refractivity contribution in [3.8, 4) is 0 Å². The number of nitrogens with one attached hydrogen (secondary N) is 1. The topological polar surface area (TPSA) is 46.9 Å². The minimum Gasteiger partial charge on any atom is -0.310 e. The largest absolute Gasteiger partial charge is 0.310 e. The molecule has 0 radical (unpaired) electrons. The molecule has 1 aromatic heterocycles. The third-order valence-corrected chi connectivity index (χ3v) is 3.83. The highest BCUT2D eigenvalue weighted by Crippen LogP contribution is 2.17. The summed E-state index contributed by atoms with van der Waals surface area (Å²) in [5.41, 5.74) is 1.86. The van der Waals surface area contributed by atoms with Crippen LogP contribution in [0.15, 0.2) is 10.9 Å². The van der Waals surface area contributed by atoms with Crippen LogP contribution >= 0.6 is 0 Å². The molecule has 106 valence electrons. The number of unbranched alkanes of at least 4 members (excludes halogenated alkanes) is 1. The molecule has 0 aliphatic heterocycles. The van der Waals surface area contributed by atoms with Gasteiger partial charge in [-0.1, -0.05) is 26.2 Å². The van der Waals surface area contributed by atoms with Crippen LogP contribution in [0.2, 0.25) is 0 Å². The van der Waals surface area contributed by atoms with Crippen molar-refractivity contribution in [1.82, 2.24) is 15.1 Å². The van der Waals surface area contributed by atoms with Crippen molar-refractivity contribution in [2.24, 2.45) is 0 Å². The van der Waals surface area contributed by atoms with Gasteiger partial charge in [0.15, 0.2) is 0 Å². The molecular formula is C15H25N3O. The zero-order valence-electron chi connectivity index (χ0n) is 12.1. The van der Waals surface area contributed by atoms with E-state index in [0.717, 1.165) is 30.6 Å². The summed E-state index contributed by atoms with van der Waals surface area (Å²) in [6, 6.07) is 2.52. The molecule has 1 saturated carbocycles. The van der Waals surface area contributed by atoms with Gasteiger partial charge >= 0.3 is 0 Å². The van der Waals surface area contributed by atoms with Crippen molar-refractivity contribution in [1.29, 1.82) is 0 Å². The maximum atomic E-state index is 12.3. The molecule has 1 fully saturated rings. The van der Waals surface area contributed by atoms with Crippen molar-refractivity contribution in [2.75, 3.05) is 0 Å². The molecule has 2 rings (SSSR count). The Hall–Kier alpha value is -1.16. The SMILES string of the molecule is CCCCn1nc(C)cc(CNC2CCCC2)c1=O. The van der Waals surface area contributed by atoms with Gasteiger partial charge in [0, 0.05) is 24.7 Å². The quantitative estimate of drug-likeness (QED) is 0.857. The number of aryl methyl sites for hydroxylation is 2. The Morgan fingerprint density at radius 1 is 1.42 bits per heavy atom. The molecule has 4 nitrogen and oxygen atoms in total. The van der Waals surface area contributed by atoms with E-state index in [1.165, 1.54) is 25.7 Å². The third-order valence-electron chi connectivity index (χ3n) is 3.83. The maximum Gasteiger partial charge on any atom is 0.271 e. The van der Waals surface area contributed by atoms with E-state index in [1.54, 1.807) is 4.68 Å². The molecule has 0 bridgehead atoms. The Balaban J connectivity index is 2.05. The molecule has 1 N–H and O–H groups in total. The van der Waals surface area contributed by atoms with Gasteiger partial charge in [0.25, 0.3) is 5.56 Å². The van der Waals surface area contributed by atoms with Gasteiger partial charge in [0.2, 0.25) is 0 Å². The van der Waals surface area contributed by atoms with Crippen LogP contribution in [0.1, 0.15) is 56.7 Å². The van der Waals surface area contributed by atoms with Crippen molar-refractivity contribution in [3.63, 3.8) is 0 Å². The van der Waals surface area contributed by atoms with Crippen LogP contribution in [0.3, 0.4) is 0 Å². The summed E-state index contributed by atoms with van der Waals surface area (Å²) in [6.07, 6.45) is 7.20. The summed E-state index contributed by atoms with van der Waals surface area (Å²) >= 11 is 0. The minimum atomic E-state index is 0.0737. The predicted molar refractivity (Wildman–Crippen MR) is 77.2 cm³/mol. The van der Waals surface area contributed by atoms with E-state index in [-0.39, 0.29) is 5.56 Å². The zero-order valence-corrected chi connectivity index (χ0v) is 12.1. The standard InChI is InChI=1S/C15H25N3O/c1-3-4-9-18-15(19)13(10-12(2)17-18)11-16-14-7-5-6-8-14/h10,14,16H,3-9,11H2,1-2H3. The van der Waals surface area contributed by atoms with Crippen LogP contribution < -0.4 is 10.9 Å². The Kier molecular flexibility index (Phi) is 5.14. The monoisotopic (exact) mass is 263 g/mol. The Morgan fingerprint density at radius 2 is 2.16 bits per heavy atom. The van der Waals surface area contributed by atoms with Crippen LogP contribution in [0.25, 0.3) is 0 Å². The summed E-state index contributed by atoms with van der Waals surface area (Å²) in [6.45, 7) is 5.50. The van der Waals surface area contributed by atoms with Gasteiger partial charge in [-0.2, -0.15) is 5.10 Å². The molecule has 1 aromatic rings. The lowest BCUT2D eigenvalue weighted by atomic mass is 10.2. The fourth-order valence-electron chi connectivity index (χ4n) is 2.71. The first-order chi connectivity index (χ1) is 9.20. The van der Waals surface area contributed by atoms with E-state index >= 15 is 0 Å². The summed E-state index contributed by atoms with van der Waals surface area (Å²) in [5, 5.41) is 7.84. The highest BCUT2D eigenvalue weighted by Gasteiger charge is 2.15. The van der Waals surface area contributed by atoms with E-state index < -0.39 is 0 Å². The van der Waals surface area contributed by atoms with Gasteiger partial charge in [-0.05, 0) is 32.3 Å². The number of hydrogen-bond acceptors (Lipinski definition) is 3. The highest BCUT2D eigenvalue weighted by molar-refractivity contribution is 5.12. The number of rotatable bonds is 6. The predicted octanol–water partition coefficient (Wildman–Crippen LogP) is 2.38. The lowest BCUT2D eigenvalue weighted by Gasteiger charge is -2.13. The summed E-state index contributed by atoms with van der Waals surface area (Å²) < 4.78 is 1.63. The molecule has 1 heterocycles. The molecule has 0 aromatic carbocycles. The fraction of sp³-hybridized carbons (Fsp3) is 0.733. The number of hydrogen-bond donors (Lipinski definition) is 1. The molecule has 0 atom stereocenters. The van der Waals surface area contributed by atoms with Gasteiger partial charge in [-0.15, -0.1) is 0 Å². The summed E-state index contributed by atoms with van der Waals surface area (Å²) in [5.74, 6) is 0. The molecule has 4 heteroatoms. The lowest BCUT2D eigenvalue weighted by molar-refractivity contribution is 0.502. The molecular weight excluding hydrogens is 238 g/mol. The van der Waals surface area contributed by atoms with Crippen LogP contribution in [0, 0.1) is 6.92 Å². The van der Waals surface area contributed by atoms with Crippen LogP contribution in [0.5, 0.6) is 0 Å². The first-order valence-electron chi connectivity index (χ1n) is 7.51. The van der Waals surface area contributed by atoms with Gasteiger partial charge < -0.3 is 5.32 Å². The van der Waals surface area contributed by atoms with Crippen LogP contribution in [-0.4, -0.2) is 15.8 Å². The molecule has 0 saturated heterocycles. The normalized spacial score (nSPS) is 16.1. The molecule has 0 amide bonds. The van der Waals surface area contributed by atoms with Crippen molar-refractivity contribution in [2.45, 2.75) is 71.5 Å². The fourth-order valence-corrected chi connectivity index (χ4v) is 2.71. The number of aromatic nitrogens is 2. The molecule has 1 aliphatic rings.